The summed E-state index contributed by atoms with van der Waals surface area (Å²) in [6.45, 7) is 3.93. The maximum atomic E-state index is 9.45. The molecule has 1 aromatic heterocycles. The number of rotatable bonds is 0. The van der Waals surface area contributed by atoms with Crippen LogP contribution in [0.4, 0.5) is 0 Å². The van der Waals surface area contributed by atoms with Crippen molar-refractivity contribution < 1.29 is 5.11 Å². The standard InChI is InChI=1S/C11H11NO/c1-7-3-4-10-9(5-7)8(2)11(13)6-12-10/h3-6,13H,1-2H3. The molecule has 0 unspecified atom stereocenters. The quantitative estimate of drug-likeness (QED) is 0.664. The Hall–Kier alpha value is -1.57. The molecule has 13 heavy (non-hydrogen) atoms. The van der Waals surface area contributed by atoms with Crippen LogP contribution in [0.15, 0.2) is 24.4 Å². The van der Waals surface area contributed by atoms with Gasteiger partial charge in [0.1, 0.15) is 5.75 Å². The normalized spacial score (nSPS) is 10.6. The smallest absolute Gasteiger partial charge is 0.137 e. The van der Waals surface area contributed by atoms with Gasteiger partial charge in [0, 0.05) is 10.9 Å². The van der Waals surface area contributed by atoms with Gasteiger partial charge >= 0.3 is 0 Å². The Morgan fingerprint density at radius 1 is 1.23 bits per heavy atom. The zero-order valence-corrected chi connectivity index (χ0v) is 7.70. The third kappa shape index (κ3) is 1.24. The van der Waals surface area contributed by atoms with Crippen LogP contribution in [0.2, 0.25) is 0 Å². The van der Waals surface area contributed by atoms with Crippen molar-refractivity contribution in [1.29, 1.82) is 0 Å². The van der Waals surface area contributed by atoms with Crippen LogP contribution in [0.25, 0.3) is 10.9 Å². The van der Waals surface area contributed by atoms with Crippen LogP contribution in [0.1, 0.15) is 11.1 Å². The first-order chi connectivity index (χ1) is 6.18. The highest BCUT2D eigenvalue weighted by Gasteiger charge is 2.02. The molecule has 0 fully saturated rings. The van der Waals surface area contributed by atoms with E-state index in [-0.39, 0.29) is 5.75 Å². The summed E-state index contributed by atoms with van der Waals surface area (Å²) in [5.41, 5.74) is 3.01. The van der Waals surface area contributed by atoms with E-state index in [1.165, 1.54) is 11.8 Å². The van der Waals surface area contributed by atoms with Gasteiger partial charge in [0.2, 0.25) is 0 Å². The van der Waals surface area contributed by atoms with Crippen molar-refractivity contribution in [3.63, 3.8) is 0 Å². The number of benzene rings is 1. The van der Waals surface area contributed by atoms with Crippen LogP contribution < -0.4 is 0 Å². The zero-order chi connectivity index (χ0) is 9.42. The van der Waals surface area contributed by atoms with Crippen molar-refractivity contribution in [3.05, 3.63) is 35.5 Å². The lowest BCUT2D eigenvalue weighted by molar-refractivity contribution is 0.470. The molecule has 0 aliphatic carbocycles. The van der Waals surface area contributed by atoms with Crippen LogP contribution in [0.3, 0.4) is 0 Å². The topological polar surface area (TPSA) is 33.1 Å². The Morgan fingerprint density at radius 3 is 2.77 bits per heavy atom. The molecule has 0 saturated heterocycles. The monoisotopic (exact) mass is 173 g/mol. The lowest BCUT2D eigenvalue weighted by Gasteiger charge is -2.03. The van der Waals surface area contributed by atoms with E-state index in [4.69, 9.17) is 0 Å². The molecule has 2 aromatic rings. The minimum Gasteiger partial charge on any atom is -0.506 e. The van der Waals surface area contributed by atoms with E-state index in [9.17, 15) is 5.11 Å². The summed E-state index contributed by atoms with van der Waals surface area (Å²) in [5, 5.41) is 10.5. The number of aromatic nitrogens is 1. The predicted molar refractivity (Wildman–Crippen MR) is 52.9 cm³/mol. The lowest BCUT2D eigenvalue weighted by atomic mass is 10.1. The molecule has 1 N–H and O–H groups in total. The number of nitrogens with zero attached hydrogens (tertiary/aromatic N) is 1. The van der Waals surface area contributed by atoms with Gasteiger partial charge in [-0.05, 0) is 26.0 Å². The summed E-state index contributed by atoms with van der Waals surface area (Å²) in [5.74, 6) is 0.262. The molecule has 2 nitrogen and oxygen atoms in total. The summed E-state index contributed by atoms with van der Waals surface area (Å²) in [7, 11) is 0. The fourth-order valence-corrected chi connectivity index (χ4v) is 1.43. The highest BCUT2D eigenvalue weighted by atomic mass is 16.3. The maximum absolute atomic E-state index is 9.45. The van der Waals surface area contributed by atoms with E-state index in [0.717, 1.165) is 16.5 Å². The molecule has 0 aliphatic heterocycles. The molecule has 1 heterocycles. The zero-order valence-electron chi connectivity index (χ0n) is 7.70. The Bertz CT molecular complexity index is 458. The molecular formula is C11H11NO. The van der Waals surface area contributed by atoms with Gasteiger partial charge in [0.15, 0.2) is 0 Å². The second-order valence-corrected chi connectivity index (χ2v) is 3.29. The van der Waals surface area contributed by atoms with Crippen molar-refractivity contribution in [2.24, 2.45) is 0 Å². The Kier molecular flexibility index (Phi) is 1.69. The van der Waals surface area contributed by atoms with E-state index < -0.39 is 0 Å². The lowest BCUT2D eigenvalue weighted by Crippen LogP contribution is -1.84. The third-order valence-corrected chi connectivity index (χ3v) is 2.27. The van der Waals surface area contributed by atoms with Gasteiger partial charge < -0.3 is 5.11 Å². The number of pyridine rings is 1. The van der Waals surface area contributed by atoms with E-state index in [0.29, 0.717) is 0 Å². The molecule has 0 amide bonds. The molecule has 0 atom stereocenters. The summed E-state index contributed by atoms with van der Waals surface area (Å²) < 4.78 is 0. The second kappa shape index (κ2) is 2.73. The summed E-state index contributed by atoms with van der Waals surface area (Å²) in [6, 6.07) is 6.03. The molecule has 0 saturated carbocycles. The summed E-state index contributed by atoms with van der Waals surface area (Å²) in [6.07, 6.45) is 1.49. The Labute approximate surface area is 76.9 Å². The van der Waals surface area contributed by atoms with Crippen LogP contribution in [-0.4, -0.2) is 10.1 Å². The minimum atomic E-state index is 0.262. The fourth-order valence-electron chi connectivity index (χ4n) is 1.43. The first-order valence-electron chi connectivity index (χ1n) is 4.23. The maximum Gasteiger partial charge on any atom is 0.137 e. The van der Waals surface area contributed by atoms with E-state index in [2.05, 4.69) is 4.98 Å². The van der Waals surface area contributed by atoms with E-state index in [1.807, 2.05) is 32.0 Å². The van der Waals surface area contributed by atoms with Gasteiger partial charge in [-0.25, -0.2) is 0 Å². The van der Waals surface area contributed by atoms with Crippen LogP contribution in [-0.2, 0) is 0 Å². The first kappa shape index (κ1) is 8.05. The number of hydrogen-bond acceptors (Lipinski definition) is 2. The van der Waals surface area contributed by atoms with Gasteiger partial charge in [-0.2, -0.15) is 0 Å². The first-order valence-corrected chi connectivity index (χ1v) is 4.23. The van der Waals surface area contributed by atoms with Gasteiger partial charge in [-0.15, -0.1) is 0 Å². The number of aromatic hydroxyl groups is 1. The molecule has 0 spiro atoms. The molecule has 1 aromatic carbocycles. The molecule has 0 radical (unpaired) electrons. The van der Waals surface area contributed by atoms with E-state index >= 15 is 0 Å². The van der Waals surface area contributed by atoms with Gasteiger partial charge in [-0.1, -0.05) is 11.6 Å². The van der Waals surface area contributed by atoms with Gasteiger partial charge in [-0.3, -0.25) is 4.98 Å². The van der Waals surface area contributed by atoms with Crippen molar-refractivity contribution in [3.8, 4) is 5.75 Å². The van der Waals surface area contributed by atoms with Crippen molar-refractivity contribution in [1.82, 2.24) is 4.98 Å². The fraction of sp³-hybridized carbons (Fsp3) is 0.182. The SMILES string of the molecule is Cc1ccc2ncc(O)c(C)c2c1. The molecule has 0 bridgehead atoms. The molecular weight excluding hydrogens is 162 g/mol. The van der Waals surface area contributed by atoms with Crippen LogP contribution >= 0.6 is 0 Å². The van der Waals surface area contributed by atoms with Crippen molar-refractivity contribution in [2.75, 3.05) is 0 Å². The van der Waals surface area contributed by atoms with Gasteiger partial charge in [0.05, 0.1) is 11.7 Å². The predicted octanol–water partition coefficient (Wildman–Crippen LogP) is 2.56. The summed E-state index contributed by atoms with van der Waals surface area (Å²) in [4.78, 5) is 4.13. The minimum absolute atomic E-state index is 0.262. The molecule has 66 valence electrons. The van der Waals surface area contributed by atoms with Gasteiger partial charge in [0.25, 0.3) is 0 Å². The molecule has 0 aliphatic rings. The number of hydrogen-bond donors (Lipinski definition) is 1. The summed E-state index contributed by atoms with van der Waals surface area (Å²) >= 11 is 0. The van der Waals surface area contributed by atoms with E-state index in [1.54, 1.807) is 0 Å². The molecule has 2 heteroatoms. The van der Waals surface area contributed by atoms with Crippen molar-refractivity contribution >= 4 is 10.9 Å². The second-order valence-electron chi connectivity index (χ2n) is 3.29. The third-order valence-electron chi connectivity index (χ3n) is 2.27. The van der Waals surface area contributed by atoms with Crippen molar-refractivity contribution in [2.45, 2.75) is 13.8 Å². The Balaban J connectivity index is 2.89. The highest BCUT2D eigenvalue weighted by molar-refractivity contribution is 5.84. The number of aryl methyl sites for hydroxylation is 2. The highest BCUT2D eigenvalue weighted by Crippen LogP contribution is 2.24. The van der Waals surface area contributed by atoms with Crippen LogP contribution in [0.5, 0.6) is 5.75 Å². The average molecular weight is 173 g/mol. The average Bonchev–Trinajstić information content (AvgIpc) is 2.12. The largest absolute Gasteiger partial charge is 0.506 e. The molecule has 2 rings (SSSR count). The van der Waals surface area contributed by atoms with Crippen LogP contribution in [0, 0.1) is 13.8 Å². The number of fused-ring (bicyclic) bond motifs is 1. The Morgan fingerprint density at radius 2 is 2.00 bits per heavy atom.